The number of aryl methyl sites for hydroxylation is 1. The van der Waals surface area contributed by atoms with Crippen molar-refractivity contribution in [2.75, 3.05) is 29.4 Å². The van der Waals surface area contributed by atoms with Gasteiger partial charge in [0.05, 0.1) is 10.6 Å². The first-order chi connectivity index (χ1) is 15.8. The molecule has 0 spiro atoms. The molecule has 2 aliphatic heterocycles. The van der Waals surface area contributed by atoms with Gasteiger partial charge in [0, 0.05) is 36.6 Å². The fourth-order valence-electron chi connectivity index (χ4n) is 4.31. The minimum atomic E-state index is -3.82. The van der Waals surface area contributed by atoms with E-state index in [1.807, 2.05) is 44.2 Å². The summed E-state index contributed by atoms with van der Waals surface area (Å²) in [6.07, 6.45) is 4.60. The van der Waals surface area contributed by atoms with Crippen LogP contribution in [0.4, 0.5) is 11.4 Å². The Morgan fingerprint density at radius 3 is 2.45 bits per heavy atom. The molecule has 0 unspecified atom stereocenters. The van der Waals surface area contributed by atoms with Gasteiger partial charge in [-0.1, -0.05) is 39.0 Å². The van der Waals surface area contributed by atoms with Gasteiger partial charge in [0.1, 0.15) is 0 Å². The molecule has 1 amide bonds. The second kappa shape index (κ2) is 9.69. The number of carbonyl (C=O) groups is 1. The summed E-state index contributed by atoms with van der Waals surface area (Å²) in [6, 6.07) is 12.6. The van der Waals surface area contributed by atoms with Gasteiger partial charge in [0.25, 0.3) is 15.9 Å². The number of hydrogen-bond donors (Lipinski definition) is 1. The first kappa shape index (κ1) is 23.5. The highest BCUT2D eigenvalue weighted by atomic mass is 32.2. The molecule has 176 valence electrons. The third kappa shape index (κ3) is 4.99. The van der Waals surface area contributed by atoms with Crippen molar-refractivity contribution in [1.29, 1.82) is 0 Å². The van der Waals surface area contributed by atoms with Gasteiger partial charge in [-0.05, 0) is 67.0 Å². The Balaban J connectivity index is 1.72. The Hall–Kier alpha value is -2.64. The number of carbonyl (C=O) groups excluding carboxylic acids is 1. The summed E-state index contributed by atoms with van der Waals surface area (Å²) >= 11 is 0. The van der Waals surface area contributed by atoms with Crippen molar-refractivity contribution in [3.8, 4) is 0 Å². The number of anilines is 2. The van der Waals surface area contributed by atoms with Crippen LogP contribution in [0.25, 0.3) is 5.57 Å². The zero-order chi connectivity index (χ0) is 23.6. The molecule has 1 saturated heterocycles. The number of fused-ring (bicyclic) bond motifs is 1. The normalized spacial score (nSPS) is 17.9. The minimum absolute atomic E-state index is 0.146. The summed E-state index contributed by atoms with van der Waals surface area (Å²) in [5, 5.41) is 2.87. The van der Waals surface area contributed by atoms with Gasteiger partial charge in [0.15, 0.2) is 0 Å². The van der Waals surface area contributed by atoms with Crippen LogP contribution in [-0.2, 0) is 26.0 Å². The molecule has 0 atom stereocenters. The Morgan fingerprint density at radius 2 is 1.82 bits per heavy atom. The Bertz CT molecular complexity index is 1150. The predicted molar refractivity (Wildman–Crippen MR) is 132 cm³/mol. The van der Waals surface area contributed by atoms with Crippen LogP contribution in [0.5, 0.6) is 0 Å². The zero-order valence-electron chi connectivity index (χ0n) is 19.5. The van der Waals surface area contributed by atoms with E-state index in [-0.39, 0.29) is 22.6 Å². The van der Waals surface area contributed by atoms with E-state index in [4.69, 9.17) is 4.74 Å². The number of nitrogens with zero attached hydrogens (tertiary/aromatic N) is 1. The molecular formula is C26H32N2O4S. The van der Waals surface area contributed by atoms with Gasteiger partial charge in [-0.3, -0.25) is 9.10 Å². The number of rotatable bonds is 7. The lowest BCUT2D eigenvalue weighted by molar-refractivity contribution is -0.110. The molecule has 33 heavy (non-hydrogen) atoms. The van der Waals surface area contributed by atoms with Crippen LogP contribution < -0.4 is 9.62 Å². The van der Waals surface area contributed by atoms with Gasteiger partial charge < -0.3 is 10.1 Å². The number of hydrogen-bond acceptors (Lipinski definition) is 4. The number of allylic oxidation sites excluding steroid dienone is 1. The molecule has 0 bridgehead atoms. The van der Waals surface area contributed by atoms with E-state index in [0.29, 0.717) is 42.3 Å². The molecule has 2 aliphatic rings. The van der Waals surface area contributed by atoms with Gasteiger partial charge in [-0.15, -0.1) is 0 Å². The van der Waals surface area contributed by atoms with E-state index >= 15 is 0 Å². The molecule has 1 N–H and O–H groups in total. The zero-order valence-corrected chi connectivity index (χ0v) is 20.3. The summed E-state index contributed by atoms with van der Waals surface area (Å²) in [6.45, 7) is 7.80. The molecule has 0 aliphatic carbocycles. The monoisotopic (exact) mass is 468 g/mol. The van der Waals surface area contributed by atoms with E-state index in [1.165, 1.54) is 4.31 Å². The van der Waals surface area contributed by atoms with Gasteiger partial charge in [-0.25, -0.2) is 8.42 Å². The summed E-state index contributed by atoms with van der Waals surface area (Å²) in [7, 11) is -3.82. The van der Waals surface area contributed by atoms with Gasteiger partial charge >= 0.3 is 0 Å². The van der Waals surface area contributed by atoms with Crippen LogP contribution in [-0.4, -0.2) is 34.1 Å². The van der Waals surface area contributed by atoms with Crippen molar-refractivity contribution >= 4 is 32.9 Å². The van der Waals surface area contributed by atoms with E-state index in [1.54, 1.807) is 18.2 Å². The van der Waals surface area contributed by atoms with Crippen molar-refractivity contribution in [2.45, 2.75) is 44.9 Å². The number of nitrogens with one attached hydrogen (secondary N) is 1. The maximum absolute atomic E-state index is 13.8. The summed E-state index contributed by atoms with van der Waals surface area (Å²) in [5.74, 6) is 0.215. The second-order valence-corrected chi connectivity index (χ2v) is 11.0. The fourth-order valence-corrected chi connectivity index (χ4v) is 5.97. The maximum atomic E-state index is 13.8. The van der Waals surface area contributed by atoms with E-state index in [9.17, 15) is 13.2 Å². The van der Waals surface area contributed by atoms with Crippen LogP contribution in [0.2, 0.25) is 0 Å². The molecule has 2 aromatic rings. The molecule has 7 heteroatoms. The number of amides is 1. The molecule has 4 rings (SSSR count). The molecule has 6 nitrogen and oxygen atoms in total. The first-order valence-corrected chi connectivity index (χ1v) is 13.1. The molecule has 0 aromatic heterocycles. The molecule has 2 heterocycles. The van der Waals surface area contributed by atoms with Crippen molar-refractivity contribution in [3.63, 3.8) is 0 Å². The summed E-state index contributed by atoms with van der Waals surface area (Å²) in [4.78, 5) is 12.8. The Kier molecular flexibility index (Phi) is 6.91. The fraction of sp³-hybridized carbons (Fsp3) is 0.423. The summed E-state index contributed by atoms with van der Waals surface area (Å²) in [5.41, 5.74) is 3.66. The molecular weight excluding hydrogens is 436 g/mol. The van der Waals surface area contributed by atoms with Crippen molar-refractivity contribution in [1.82, 2.24) is 0 Å². The van der Waals surface area contributed by atoms with E-state index < -0.39 is 10.0 Å². The summed E-state index contributed by atoms with van der Waals surface area (Å²) < 4.78 is 34.5. The molecule has 2 aromatic carbocycles. The number of sulfonamides is 1. The third-order valence-electron chi connectivity index (χ3n) is 6.19. The Labute approximate surface area is 196 Å². The predicted octanol–water partition coefficient (Wildman–Crippen LogP) is 4.86. The highest BCUT2D eigenvalue weighted by Gasteiger charge is 2.31. The maximum Gasteiger partial charge on any atom is 0.264 e. The van der Waals surface area contributed by atoms with Gasteiger partial charge in [-0.2, -0.15) is 0 Å². The third-order valence-corrected chi connectivity index (χ3v) is 7.98. The largest absolute Gasteiger partial charge is 0.381 e. The lowest BCUT2D eigenvalue weighted by Crippen LogP contribution is -2.34. The minimum Gasteiger partial charge on any atom is -0.381 e. The van der Waals surface area contributed by atoms with Crippen LogP contribution in [0.3, 0.4) is 0 Å². The molecule has 0 saturated carbocycles. The van der Waals surface area contributed by atoms with Crippen molar-refractivity contribution < 1.29 is 17.9 Å². The second-order valence-electron chi connectivity index (χ2n) is 9.14. The van der Waals surface area contributed by atoms with Crippen LogP contribution in [0.15, 0.2) is 53.4 Å². The lowest BCUT2D eigenvalue weighted by Gasteiger charge is -2.26. The smallest absolute Gasteiger partial charge is 0.264 e. The lowest BCUT2D eigenvalue weighted by atomic mass is 9.95. The average molecular weight is 469 g/mol. The number of ether oxygens (including phenoxy) is 1. The SMILES string of the molecule is CCc1ccc(N(CC(C)C)S(=O)(=O)c2ccc3c(c2)/C(=C\C2CCOCC2)C(=O)N3)cc1. The number of benzene rings is 2. The molecule has 1 fully saturated rings. The van der Waals surface area contributed by atoms with Gasteiger partial charge in [0.2, 0.25) is 0 Å². The van der Waals surface area contributed by atoms with E-state index in [2.05, 4.69) is 12.2 Å². The highest BCUT2D eigenvalue weighted by Crippen LogP contribution is 2.37. The standard InChI is InChI=1S/C26H32N2O4S/c1-4-19-5-7-21(8-6-19)28(17-18(2)3)33(30,31)22-9-10-25-23(16-22)24(26(29)27-25)15-20-11-13-32-14-12-20/h5-10,15-16,18,20H,4,11-14,17H2,1-3H3,(H,27,29)/b24-15+. The average Bonchev–Trinajstić information content (AvgIpc) is 3.12. The molecule has 0 radical (unpaired) electrons. The van der Waals surface area contributed by atoms with Crippen LogP contribution in [0, 0.1) is 11.8 Å². The van der Waals surface area contributed by atoms with Crippen molar-refractivity contribution in [2.24, 2.45) is 11.8 Å². The first-order valence-electron chi connectivity index (χ1n) is 11.7. The Morgan fingerprint density at radius 1 is 1.12 bits per heavy atom. The topological polar surface area (TPSA) is 75.7 Å². The van der Waals surface area contributed by atoms with E-state index in [0.717, 1.165) is 24.8 Å². The quantitative estimate of drug-likeness (QED) is 0.589. The van der Waals surface area contributed by atoms with Crippen LogP contribution in [0.1, 0.15) is 44.7 Å². The van der Waals surface area contributed by atoms with Crippen molar-refractivity contribution in [3.05, 3.63) is 59.7 Å². The highest BCUT2D eigenvalue weighted by molar-refractivity contribution is 7.92. The van der Waals surface area contributed by atoms with Crippen LogP contribution >= 0.6 is 0 Å².